The van der Waals surface area contributed by atoms with Crippen molar-refractivity contribution < 1.29 is 14.2 Å². The highest BCUT2D eigenvalue weighted by atomic mass is 16.5. The van der Waals surface area contributed by atoms with Gasteiger partial charge in [-0.3, -0.25) is 9.80 Å². The third-order valence-corrected chi connectivity index (χ3v) is 4.90. The van der Waals surface area contributed by atoms with Crippen molar-refractivity contribution in [1.82, 2.24) is 9.80 Å². The first-order valence-electron chi connectivity index (χ1n) is 10.6. The summed E-state index contributed by atoms with van der Waals surface area (Å²) in [5.74, 6) is 0. The maximum Gasteiger partial charge on any atom is 0.0701 e. The molecule has 1 aliphatic heterocycles. The Morgan fingerprint density at radius 2 is 1.27 bits per heavy atom. The summed E-state index contributed by atoms with van der Waals surface area (Å²) in [4.78, 5) is 5.03. The minimum Gasteiger partial charge on any atom is -0.379 e. The van der Waals surface area contributed by atoms with Crippen LogP contribution in [-0.2, 0) is 14.2 Å². The van der Waals surface area contributed by atoms with E-state index in [4.69, 9.17) is 14.2 Å². The van der Waals surface area contributed by atoms with Crippen LogP contribution in [0.2, 0.25) is 0 Å². The summed E-state index contributed by atoms with van der Waals surface area (Å²) in [5, 5.41) is 0. The first kappa shape index (κ1) is 23.8. The average molecular weight is 373 g/mol. The number of piperazine rings is 1. The molecular weight excluding hydrogens is 328 g/mol. The van der Waals surface area contributed by atoms with E-state index in [9.17, 15) is 0 Å². The SMILES string of the molecule is CC(C)N1CCN(CCOCCOCCOCCCCC(C)(C)C)CC1. The molecule has 5 nitrogen and oxygen atoms in total. The molecule has 1 saturated heterocycles. The molecule has 156 valence electrons. The standard InChI is InChI=1S/C21H44N2O3/c1-20(2)23-11-9-22(10-12-23)13-15-25-17-19-26-18-16-24-14-7-6-8-21(3,4)5/h20H,6-19H2,1-5H3. The van der Waals surface area contributed by atoms with Crippen molar-refractivity contribution in [3.63, 3.8) is 0 Å². The Hall–Kier alpha value is -0.200. The number of hydrogen-bond donors (Lipinski definition) is 0. The summed E-state index contributed by atoms with van der Waals surface area (Å²) in [6.45, 7) is 21.5. The molecule has 0 aromatic heterocycles. The lowest BCUT2D eigenvalue weighted by Crippen LogP contribution is -2.49. The molecule has 0 saturated carbocycles. The molecule has 0 aliphatic carbocycles. The zero-order chi connectivity index (χ0) is 19.3. The van der Waals surface area contributed by atoms with Crippen molar-refractivity contribution in [2.75, 3.05) is 72.4 Å². The molecule has 1 heterocycles. The fourth-order valence-electron chi connectivity index (χ4n) is 3.10. The van der Waals surface area contributed by atoms with Gasteiger partial charge in [-0.15, -0.1) is 0 Å². The zero-order valence-corrected chi connectivity index (χ0v) is 18.1. The van der Waals surface area contributed by atoms with E-state index in [2.05, 4.69) is 44.4 Å². The van der Waals surface area contributed by atoms with Gasteiger partial charge in [-0.25, -0.2) is 0 Å². The lowest BCUT2D eigenvalue weighted by atomic mass is 9.90. The molecule has 0 radical (unpaired) electrons. The van der Waals surface area contributed by atoms with E-state index < -0.39 is 0 Å². The Balaban J connectivity index is 1.78. The second-order valence-corrected chi connectivity index (χ2v) is 8.83. The van der Waals surface area contributed by atoms with E-state index >= 15 is 0 Å². The summed E-state index contributed by atoms with van der Waals surface area (Å²) in [6, 6.07) is 0.665. The lowest BCUT2D eigenvalue weighted by Gasteiger charge is -2.36. The van der Waals surface area contributed by atoms with Crippen LogP contribution >= 0.6 is 0 Å². The van der Waals surface area contributed by atoms with Crippen LogP contribution in [-0.4, -0.2) is 88.2 Å². The van der Waals surface area contributed by atoms with Crippen LogP contribution in [0.5, 0.6) is 0 Å². The van der Waals surface area contributed by atoms with Crippen LogP contribution < -0.4 is 0 Å². The van der Waals surface area contributed by atoms with Crippen molar-refractivity contribution in [3.05, 3.63) is 0 Å². The van der Waals surface area contributed by atoms with E-state index in [-0.39, 0.29) is 0 Å². The largest absolute Gasteiger partial charge is 0.379 e. The van der Waals surface area contributed by atoms with Crippen molar-refractivity contribution in [2.24, 2.45) is 5.41 Å². The molecule has 0 aromatic carbocycles. The Morgan fingerprint density at radius 3 is 1.81 bits per heavy atom. The molecule has 1 fully saturated rings. The molecule has 0 spiro atoms. The molecule has 0 bridgehead atoms. The van der Waals surface area contributed by atoms with Crippen LogP contribution in [0.1, 0.15) is 53.9 Å². The molecular formula is C21H44N2O3. The van der Waals surface area contributed by atoms with E-state index in [0.717, 1.165) is 39.3 Å². The third-order valence-electron chi connectivity index (χ3n) is 4.90. The van der Waals surface area contributed by atoms with Crippen LogP contribution in [0.15, 0.2) is 0 Å². The molecule has 0 atom stereocenters. The molecule has 1 rings (SSSR count). The minimum absolute atomic E-state index is 0.436. The second-order valence-electron chi connectivity index (χ2n) is 8.83. The highest BCUT2D eigenvalue weighted by Crippen LogP contribution is 2.21. The van der Waals surface area contributed by atoms with Gasteiger partial charge in [0.05, 0.1) is 33.0 Å². The van der Waals surface area contributed by atoms with E-state index in [1.54, 1.807) is 0 Å². The van der Waals surface area contributed by atoms with Crippen molar-refractivity contribution >= 4 is 0 Å². The molecule has 26 heavy (non-hydrogen) atoms. The van der Waals surface area contributed by atoms with Crippen LogP contribution in [0.25, 0.3) is 0 Å². The fourth-order valence-corrected chi connectivity index (χ4v) is 3.10. The predicted molar refractivity (Wildman–Crippen MR) is 109 cm³/mol. The molecule has 0 N–H and O–H groups in total. The highest BCUT2D eigenvalue weighted by molar-refractivity contribution is 4.73. The average Bonchev–Trinajstić information content (AvgIpc) is 2.58. The summed E-state index contributed by atoms with van der Waals surface area (Å²) in [5.41, 5.74) is 0.436. The number of ether oxygens (including phenoxy) is 3. The number of unbranched alkanes of at least 4 members (excludes halogenated alkanes) is 1. The van der Waals surface area contributed by atoms with Crippen molar-refractivity contribution in [1.29, 1.82) is 0 Å². The normalized spacial score (nSPS) is 17.3. The summed E-state index contributed by atoms with van der Waals surface area (Å²) < 4.78 is 16.8. The Kier molecular flexibility index (Phi) is 12.7. The summed E-state index contributed by atoms with van der Waals surface area (Å²) in [6.07, 6.45) is 3.65. The number of hydrogen-bond acceptors (Lipinski definition) is 5. The third kappa shape index (κ3) is 13.0. The van der Waals surface area contributed by atoms with Gasteiger partial charge in [0.2, 0.25) is 0 Å². The topological polar surface area (TPSA) is 34.2 Å². The van der Waals surface area contributed by atoms with Gasteiger partial charge >= 0.3 is 0 Å². The first-order valence-corrected chi connectivity index (χ1v) is 10.6. The van der Waals surface area contributed by atoms with Gasteiger partial charge in [-0.1, -0.05) is 27.2 Å². The Bertz CT molecular complexity index is 324. The van der Waals surface area contributed by atoms with Crippen molar-refractivity contribution in [3.8, 4) is 0 Å². The van der Waals surface area contributed by atoms with Gasteiger partial charge in [-0.2, -0.15) is 0 Å². The molecule has 5 heteroatoms. The van der Waals surface area contributed by atoms with Gasteiger partial charge in [0, 0.05) is 45.4 Å². The second kappa shape index (κ2) is 13.9. The maximum absolute atomic E-state index is 5.68. The van der Waals surface area contributed by atoms with Gasteiger partial charge < -0.3 is 14.2 Å². The first-order chi connectivity index (χ1) is 12.4. The fraction of sp³-hybridized carbons (Fsp3) is 1.00. The van der Waals surface area contributed by atoms with Gasteiger partial charge in [-0.05, 0) is 32.1 Å². The molecule has 0 unspecified atom stereocenters. The predicted octanol–water partition coefficient (Wildman–Crippen LogP) is 3.28. The smallest absolute Gasteiger partial charge is 0.0701 e. The maximum atomic E-state index is 5.68. The van der Waals surface area contributed by atoms with E-state index in [0.29, 0.717) is 37.9 Å². The van der Waals surface area contributed by atoms with Gasteiger partial charge in [0.15, 0.2) is 0 Å². The summed E-state index contributed by atoms with van der Waals surface area (Å²) >= 11 is 0. The molecule has 1 aliphatic rings. The van der Waals surface area contributed by atoms with Gasteiger partial charge in [0.1, 0.15) is 0 Å². The van der Waals surface area contributed by atoms with Crippen LogP contribution in [0.3, 0.4) is 0 Å². The van der Waals surface area contributed by atoms with Crippen LogP contribution in [0.4, 0.5) is 0 Å². The molecule has 0 amide bonds. The van der Waals surface area contributed by atoms with E-state index in [1.807, 2.05) is 0 Å². The Morgan fingerprint density at radius 1 is 0.731 bits per heavy atom. The minimum atomic E-state index is 0.436. The Labute approximate surface area is 162 Å². The molecule has 0 aromatic rings. The lowest BCUT2D eigenvalue weighted by molar-refractivity contribution is 0.00649. The summed E-state index contributed by atoms with van der Waals surface area (Å²) in [7, 11) is 0. The van der Waals surface area contributed by atoms with Crippen molar-refractivity contribution in [2.45, 2.75) is 59.9 Å². The van der Waals surface area contributed by atoms with Crippen LogP contribution in [0, 0.1) is 5.41 Å². The zero-order valence-electron chi connectivity index (χ0n) is 18.1. The van der Waals surface area contributed by atoms with E-state index in [1.165, 1.54) is 25.9 Å². The quantitative estimate of drug-likeness (QED) is 0.437. The number of nitrogens with zero attached hydrogens (tertiary/aromatic N) is 2. The number of rotatable bonds is 14. The monoisotopic (exact) mass is 372 g/mol. The highest BCUT2D eigenvalue weighted by Gasteiger charge is 2.18. The van der Waals surface area contributed by atoms with Gasteiger partial charge in [0.25, 0.3) is 0 Å².